The Hall–Kier alpha value is -2.18. The van der Waals surface area contributed by atoms with Gasteiger partial charge in [0, 0.05) is 12.0 Å². The van der Waals surface area contributed by atoms with E-state index in [1.54, 1.807) is 30.3 Å². The third-order valence-electron chi connectivity index (χ3n) is 6.11. The third-order valence-corrected chi connectivity index (χ3v) is 7.57. The van der Waals surface area contributed by atoms with Crippen molar-refractivity contribution in [2.75, 3.05) is 0 Å². The van der Waals surface area contributed by atoms with Gasteiger partial charge in [-0.05, 0) is 48.8 Å². The first-order valence-electron chi connectivity index (χ1n) is 9.88. The van der Waals surface area contributed by atoms with Gasteiger partial charge in [0.15, 0.2) is 0 Å². The number of piperidine rings is 1. The van der Waals surface area contributed by atoms with E-state index in [2.05, 4.69) is 17.0 Å². The molecule has 1 aliphatic carbocycles. The molecular weight excluding hydrogens is 372 g/mol. The predicted octanol–water partition coefficient (Wildman–Crippen LogP) is 3.05. The summed E-state index contributed by atoms with van der Waals surface area (Å²) in [5.41, 5.74) is 1.02. The normalized spacial score (nSPS) is 30.3. The summed E-state index contributed by atoms with van der Waals surface area (Å²) in [7, 11) is -3.80. The molecule has 4 rings (SSSR count). The topological polar surface area (TPSA) is 75.3 Å². The highest BCUT2D eigenvalue weighted by Crippen LogP contribution is 2.43. The van der Waals surface area contributed by atoms with Crippen LogP contribution < -0.4 is 10.0 Å². The van der Waals surface area contributed by atoms with E-state index in [9.17, 15) is 13.2 Å². The first-order valence-corrected chi connectivity index (χ1v) is 11.4. The number of fused-ring (bicyclic) bond motifs is 1. The predicted molar refractivity (Wildman–Crippen MR) is 108 cm³/mol. The van der Waals surface area contributed by atoms with E-state index < -0.39 is 16.1 Å². The molecule has 2 fully saturated rings. The standard InChI is InChI=1S/C22H26N2O3S/c1-15-12-13-19-18(14-15)20(16-8-4-2-5-9-16)21(22(25)23-19)24-28(26,27)17-10-6-3-7-11-17/h2-11,15,18-21,24H,12-14H2,1H3,(H,23,25). The number of hydrogen-bond acceptors (Lipinski definition) is 3. The van der Waals surface area contributed by atoms with Gasteiger partial charge in [0.2, 0.25) is 15.9 Å². The molecular formula is C22H26N2O3S. The molecule has 2 aromatic rings. The van der Waals surface area contributed by atoms with E-state index >= 15 is 0 Å². The highest BCUT2D eigenvalue weighted by Gasteiger charge is 2.47. The SMILES string of the molecule is CC1CCC2NC(=O)C(NS(=O)(=O)c3ccccc3)C(c3ccccc3)C2C1. The van der Waals surface area contributed by atoms with Crippen LogP contribution in [0.15, 0.2) is 65.6 Å². The van der Waals surface area contributed by atoms with Gasteiger partial charge in [-0.2, -0.15) is 4.72 Å². The Kier molecular flexibility index (Phi) is 5.25. The summed E-state index contributed by atoms with van der Waals surface area (Å²) in [5.74, 6) is 0.367. The summed E-state index contributed by atoms with van der Waals surface area (Å²) >= 11 is 0. The number of hydrogen-bond donors (Lipinski definition) is 2. The van der Waals surface area contributed by atoms with Crippen molar-refractivity contribution in [3.05, 3.63) is 66.2 Å². The van der Waals surface area contributed by atoms with Crippen molar-refractivity contribution < 1.29 is 13.2 Å². The number of carbonyl (C=O) groups is 1. The van der Waals surface area contributed by atoms with Gasteiger partial charge < -0.3 is 5.32 Å². The van der Waals surface area contributed by atoms with Crippen LogP contribution in [-0.4, -0.2) is 26.4 Å². The molecule has 0 radical (unpaired) electrons. The molecule has 1 saturated heterocycles. The maximum Gasteiger partial charge on any atom is 0.241 e. The van der Waals surface area contributed by atoms with Crippen LogP contribution in [0.3, 0.4) is 0 Å². The van der Waals surface area contributed by atoms with E-state index in [-0.39, 0.29) is 28.7 Å². The van der Waals surface area contributed by atoms with Gasteiger partial charge in [0.1, 0.15) is 6.04 Å². The second-order valence-corrected chi connectivity index (χ2v) is 9.76. The molecule has 1 aliphatic heterocycles. The molecule has 5 unspecified atom stereocenters. The molecule has 2 aliphatic rings. The average molecular weight is 399 g/mol. The lowest BCUT2D eigenvalue weighted by Gasteiger charge is -2.47. The number of carbonyl (C=O) groups excluding carboxylic acids is 1. The summed E-state index contributed by atoms with van der Waals surface area (Å²) in [6.07, 6.45) is 3.01. The molecule has 148 valence electrons. The summed E-state index contributed by atoms with van der Waals surface area (Å²) < 4.78 is 28.6. The molecule has 1 heterocycles. The number of benzene rings is 2. The zero-order valence-corrected chi connectivity index (χ0v) is 16.7. The van der Waals surface area contributed by atoms with Crippen molar-refractivity contribution >= 4 is 15.9 Å². The van der Waals surface area contributed by atoms with E-state index in [4.69, 9.17) is 0 Å². The van der Waals surface area contributed by atoms with Crippen LogP contribution in [0.2, 0.25) is 0 Å². The molecule has 1 amide bonds. The minimum atomic E-state index is -3.80. The average Bonchev–Trinajstić information content (AvgIpc) is 2.70. The molecule has 28 heavy (non-hydrogen) atoms. The number of sulfonamides is 1. The van der Waals surface area contributed by atoms with Crippen LogP contribution in [0.4, 0.5) is 0 Å². The Morgan fingerprint density at radius 3 is 2.29 bits per heavy atom. The molecule has 0 spiro atoms. The Balaban J connectivity index is 1.72. The second-order valence-electron chi connectivity index (χ2n) is 8.05. The zero-order chi connectivity index (χ0) is 19.7. The van der Waals surface area contributed by atoms with Gasteiger partial charge in [-0.3, -0.25) is 4.79 Å². The van der Waals surface area contributed by atoms with Gasteiger partial charge in [-0.25, -0.2) is 8.42 Å². The molecule has 5 nitrogen and oxygen atoms in total. The minimum Gasteiger partial charge on any atom is -0.352 e. The van der Waals surface area contributed by atoms with Crippen LogP contribution in [0.25, 0.3) is 0 Å². The van der Waals surface area contributed by atoms with Crippen molar-refractivity contribution in [2.24, 2.45) is 11.8 Å². The third kappa shape index (κ3) is 3.71. The Morgan fingerprint density at radius 1 is 0.964 bits per heavy atom. The maximum absolute atomic E-state index is 13.0. The van der Waals surface area contributed by atoms with E-state index in [0.717, 1.165) is 24.8 Å². The van der Waals surface area contributed by atoms with Gasteiger partial charge in [-0.1, -0.05) is 55.5 Å². The Bertz CT molecular complexity index is 931. The molecule has 6 heteroatoms. The van der Waals surface area contributed by atoms with E-state index in [1.807, 2.05) is 30.3 Å². The lowest BCUT2D eigenvalue weighted by molar-refractivity contribution is -0.128. The fourth-order valence-electron chi connectivity index (χ4n) is 4.76. The van der Waals surface area contributed by atoms with Crippen LogP contribution in [0.5, 0.6) is 0 Å². The van der Waals surface area contributed by atoms with Crippen molar-refractivity contribution in [3.63, 3.8) is 0 Å². The highest BCUT2D eigenvalue weighted by molar-refractivity contribution is 7.89. The van der Waals surface area contributed by atoms with Crippen molar-refractivity contribution in [1.29, 1.82) is 0 Å². The summed E-state index contributed by atoms with van der Waals surface area (Å²) in [4.78, 5) is 13.2. The van der Waals surface area contributed by atoms with Gasteiger partial charge in [-0.15, -0.1) is 0 Å². The lowest BCUT2D eigenvalue weighted by atomic mass is 9.66. The molecule has 2 aromatic carbocycles. The number of nitrogens with one attached hydrogen (secondary N) is 2. The van der Waals surface area contributed by atoms with Crippen LogP contribution >= 0.6 is 0 Å². The van der Waals surface area contributed by atoms with Crippen molar-refractivity contribution in [2.45, 2.75) is 49.1 Å². The molecule has 5 atom stereocenters. The largest absolute Gasteiger partial charge is 0.352 e. The van der Waals surface area contributed by atoms with Crippen LogP contribution in [-0.2, 0) is 14.8 Å². The first kappa shape index (κ1) is 19.2. The molecule has 2 N–H and O–H groups in total. The quantitative estimate of drug-likeness (QED) is 0.831. The maximum atomic E-state index is 13.0. The van der Waals surface area contributed by atoms with Gasteiger partial charge in [0.05, 0.1) is 4.90 Å². The fraction of sp³-hybridized carbons (Fsp3) is 0.409. The van der Waals surface area contributed by atoms with Crippen molar-refractivity contribution in [3.8, 4) is 0 Å². The van der Waals surface area contributed by atoms with Crippen LogP contribution in [0, 0.1) is 11.8 Å². The van der Waals surface area contributed by atoms with Gasteiger partial charge in [0.25, 0.3) is 0 Å². The van der Waals surface area contributed by atoms with Crippen LogP contribution in [0.1, 0.15) is 37.7 Å². The second kappa shape index (κ2) is 7.68. The smallest absolute Gasteiger partial charge is 0.241 e. The Labute approximate surface area is 166 Å². The lowest BCUT2D eigenvalue weighted by Crippen LogP contribution is -2.62. The molecule has 0 aromatic heterocycles. The number of rotatable bonds is 4. The number of amides is 1. The zero-order valence-electron chi connectivity index (χ0n) is 15.9. The minimum absolute atomic E-state index is 0.103. The van der Waals surface area contributed by atoms with Crippen molar-refractivity contribution in [1.82, 2.24) is 10.0 Å². The monoisotopic (exact) mass is 398 g/mol. The Morgan fingerprint density at radius 2 is 1.61 bits per heavy atom. The summed E-state index contributed by atoms with van der Waals surface area (Å²) in [5, 5.41) is 3.10. The first-order chi connectivity index (χ1) is 13.5. The fourth-order valence-corrected chi connectivity index (χ4v) is 6.00. The molecule has 1 saturated carbocycles. The molecule has 0 bridgehead atoms. The van der Waals surface area contributed by atoms with E-state index in [1.165, 1.54) is 0 Å². The summed E-state index contributed by atoms with van der Waals surface area (Å²) in [6.45, 7) is 2.23. The summed E-state index contributed by atoms with van der Waals surface area (Å²) in [6, 6.07) is 17.4. The van der Waals surface area contributed by atoms with Gasteiger partial charge >= 0.3 is 0 Å². The van der Waals surface area contributed by atoms with E-state index in [0.29, 0.717) is 5.92 Å². The highest BCUT2D eigenvalue weighted by atomic mass is 32.2.